The highest BCUT2D eigenvalue weighted by Gasteiger charge is 2.32. The van der Waals surface area contributed by atoms with E-state index in [9.17, 15) is 28.1 Å². The minimum atomic E-state index is -4.00. The number of aryl methyl sites for hydroxylation is 2. The topological polar surface area (TPSA) is 130 Å². The molecule has 11 heteroatoms. The number of carbonyl (C=O) groups is 2. The second-order valence-corrected chi connectivity index (χ2v) is 11.9. The number of non-ortho nitro benzene ring substituents is 1. The molecule has 10 nitrogen and oxygen atoms in total. The fourth-order valence-electron chi connectivity index (χ4n) is 4.70. The first-order valence-electron chi connectivity index (χ1n) is 12.8. The highest BCUT2D eigenvalue weighted by Crippen LogP contribution is 2.28. The van der Waals surface area contributed by atoms with Crippen molar-refractivity contribution in [1.82, 2.24) is 10.2 Å². The molecule has 0 bridgehead atoms. The van der Waals surface area contributed by atoms with Crippen LogP contribution in [-0.2, 0) is 26.2 Å². The van der Waals surface area contributed by atoms with Crippen LogP contribution in [-0.4, -0.2) is 54.9 Å². The molecule has 2 aromatic carbocycles. The molecular formula is C27H36N4O6S. The average Bonchev–Trinajstić information content (AvgIpc) is 2.86. The third-order valence-corrected chi connectivity index (χ3v) is 8.20. The van der Waals surface area contributed by atoms with E-state index in [2.05, 4.69) is 5.32 Å². The van der Waals surface area contributed by atoms with Gasteiger partial charge in [0.2, 0.25) is 21.8 Å². The second kappa shape index (κ2) is 12.4. The number of nitro groups is 1. The lowest BCUT2D eigenvalue weighted by molar-refractivity contribution is -0.384. The van der Waals surface area contributed by atoms with E-state index < -0.39 is 33.4 Å². The van der Waals surface area contributed by atoms with Crippen molar-refractivity contribution in [3.63, 3.8) is 0 Å². The van der Waals surface area contributed by atoms with E-state index in [-0.39, 0.29) is 29.9 Å². The first kappa shape index (κ1) is 29.1. The summed E-state index contributed by atoms with van der Waals surface area (Å²) in [6.45, 7) is 4.66. The average molecular weight is 545 g/mol. The van der Waals surface area contributed by atoms with Crippen LogP contribution in [0.15, 0.2) is 42.5 Å². The van der Waals surface area contributed by atoms with E-state index in [0.717, 1.165) is 59.9 Å². The maximum absolute atomic E-state index is 13.8. The number of sulfonamides is 1. The van der Waals surface area contributed by atoms with Crippen LogP contribution in [0.5, 0.6) is 0 Å². The lowest BCUT2D eigenvalue weighted by Crippen LogP contribution is -2.53. The predicted molar refractivity (Wildman–Crippen MR) is 146 cm³/mol. The zero-order chi connectivity index (χ0) is 28.0. The standard InChI is InChI=1S/C27H36N4O6S/c1-19-10-8-9-11-22(19)17-29(21(3)27(33)28-23-12-6-5-7-13-23)26(32)18-30(38(4,36)37)25-16-24(31(34)35)15-14-20(25)2/h8-11,14-16,21,23H,5-7,12-13,17-18H2,1-4H3,(H,28,33)/t21-/m0/s1. The number of nitro benzene ring substituents is 1. The molecule has 2 amide bonds. The Balaban J connectivity index is 1.94. The summed E-state index contributed by atoms with van der Waals surface area (Å²) in [7, 11) is -4.00. The lowest BCUT2D eigenvalue weighted by Gasteiger charge is -2.33. The number of benzene rings is 2. The molecule has 1 fully saturated rings. The van der Waals surface area contributed by atoms with Crippen molar-refractivity contribution in [3.05, 3.63) is 69.3 Å². The molecule has 0 saturated heterocycles. The predicted octanol–water partition coefficient (Wildman–Crippen LogP) is 3.84. The molecule has 1 atom stereocenters. The van der Waals surface area contributed by atoms with Crippen LogP contribution >= 0.6 is 0 Å². The van der Waals surface area contributed by atoms with Gasteiger partial charge in [0, 0.05) is 24.7 Å². The van der Waals surface area contributed by atoms with Gasteiger partial charge in [-0.1, -0.05) is 49.6 Å². The first-order valence-corrected chi connectivity index (χ1v) is 14.6. The number of nitrogens with zero attached hydrogens (tertiary/aromatic N) is 3. The Kier molecular flexibility index (Phi) is 9.48. The molecule has 0 radical (unpaired) electrons. The van der Waals surface area contributed by atoms with Crippen LogP contribution in [0.1, 0.15) is 55.7 Å². The van der Waals surface area contributed by atoms with Gasteiger partial charge in [0.25, 0.3) is 5.69 Å². The summed E-state index contributed by atoms with van der Waals surface area (Å²) in [5.41, 5.74) is 1.98. The third-order valence-electron chi connectivity index (χ3n) is 7.07. The summed E-state index contributed by atoms with van der Waals surface area (Å²) in [5.74, 6) is -0.882. The van der Waals surface area contributed by atoms with Crippen molar-refractivity contribution < 1.29 is 22.9 Å². The molecule has 0 aromatic heterocycles. The zero-order valence-electron chi connectivity index (χ0n) is 22.3. The van der Waals surface area contributed by atoms with Crippen LogP contribution in [0.3, 0.4) is 0 Å². The zero-order valence-corrected chi connectivity index (χ0v) is 23.2. The normalized spacial score (nSPS) is 14.9. The van der Waals surface area contributed by atoms with Crippen molar-refractivity contribution in [3.8, 4) is 0 Å². The summed E-state index contributed by atoms with van der Waals surface area (Å²) < 4.78 is 26.5. The Hall–Kier alpha value is -3.47. The number of hydrogen-bond donors (Lipinski definition) is 1. The van der Waals surface area contributed by atoms with Gasteiger partial charge < -0.3 is 10.2 Å². The van der Waals surface area contributed by atoms with Crippen molar-refractivity contribution in [2.24, 2.45) is 0 Å². The molecule has 38 heavy (non-hydrogen) atoms. The van der Waals surface area contributed by atoms with E-state index in [1.807, 2.05) is 31.2 Å². The van der Waals surface area contributed by atoms with E-state index in [1.165, 1.54) is 17.0 Å². The maximum atomic E-state index is 13.8. The number of anilines is 1. The number of rotatable bonds is 10. The molecule has 3 rings (SSSR count). The van der Waals surface area contributed by atoms with Crippen LogP contribution < -0.4 is 9.62 Å². The number of carbonyl (C=O) groups excluding carboxylic acids is 2. The van der Waals surface area contributed by atoms with Crippen LogP contribution in [0.2, 0.25) is 0 Å². The number of nitrogens with one attached hydrogen (secondary N) is 1. The molecule has 1 aliphatic carbocycles. The summed E-state index contributed by atoms with van der Waals surface area (Å²) in [5, 5.41) is 14.4. The maximum Gasteiger partial charge on any atom is 0.271 e. The molecular weight excluding hydrogens is 508 g/mol. The lowest BCUT2D eigenvalue weighted by atomic mass is 9.95. The van der Waals surface area contributed by atoms with Crippen LogP contribution in [0, 0.1) is 24.0 Å². The van der Waals surface area contributed by atoms with E-state index >= 15 is 0 Å². The molecule has 206 valence electrons. The molecule has 0 spiro atoms. The number of amides is 2. The fourth-order valence-corrected chi connectivity index (χ4v) is 5.60. The molecule has 1 N–H and O–H groups in total. The summed E-state index contributed by atoms with van der Waals surface area (Å²) >= 11 is 0. The smallest absolute Gasteiger partial charge is 0.271 e. The van der Waals surface area contributed by atoms with Gasteiger partial charge in [0.05, 0.1) is 16.9 Å². The monoisotopic (exact) mass is 544 g/mol. The van der Waals surface area contributed by atoms with Gasteiger partial charge in [0.15, 0.2) is 0 Å². The molecule has 2 aromatic rings. The van der Waals surface area contributed by atoms with Crippen molar-refractivity contribution >= 4 is 33.2 Å². The van der Waals surface area contributed by atoms with Gasteiger partial charge in [-0.05, 0) is 50.3 Å². The fraction of sp³-hybridized carbons (Fsp3) is 0.481. The van der Waals surface area contributed by atoms with E-state index in [0.29, 0.717) is 5.56 Å². The first-order chi connectivity index (χ1) is 17.9. The Labute approximate surface area is 224 Å². The van der Waals surface area contributed by atoms with Crippen molar-refractivity contribution in [1.29, 1.82) is 0 Å². The Bertz CT molecular complexity index is 1290. The van der Waals surface area contributed by atoms with Gasteiger partial charge in [-0.25, -0.2) is 8.42 Å². The van der Waals surface area contributed by atoms with Crippen LogP contribution in [0.4, 0.5) is 11.4 Å². The minimum Gasteiger partial charge on any atom is -0.352 e. The SMILES string of the molecule is Cc1ccccc1CN(C(=O)CN(c1cc([N+](=O)[O-])ccc1C)S(C)(=O)=O)[C@@H](C)C(=O)NC1CCCCC1. The van der Waals surface area contributed by atoms with Crippen LogP contribution in [0.25, 0.3) is 0 Å². The summed E-state index contributed by atoms with van der Waals surface area (Å²) in [6, 6.07) is 10.5. The van der Waals surface area contributed by atoms with Gasteiger partial charge in [0.1, 0.15) is 12.6 Å². The Morgan fingerprint density at radius 1 is 1.08 bits per heavy atom. The quantitative estimate of drug-likeness (QED) is 0.357. The molecule has 1 aliphatic rings. The molecule has 0 unspecified atom stereocenters. The van der Waals surface area contributed by atoms with E-state index in [4.69, 9.17) is 0 Å². The molecule has 0 aliphatic heterocycles. The molecule has 0 heterocycles. The highest BCUT2D eigenvalue weighted by atomic mass is 32.2. The Morgan fingerprint density at radius 2 is 1.74 bits per heavy atom. The highest BCUT2D eigenvalue weighted by molar-refractivity contribution is 7.92. The summed E-state index contributed by atoms with van der Waals surface area (Å²) in [6.07, 6.45) is 5.94. The minimum absolute atomic E-state index is 0.0465. The van der Waals surface area contributed by atoms with Gasteiger partial charge >= 0.3 is 0 Å². The Morgan fingerprint density at radius 3 is 2.34 bits per heavy atom. The summed E-state index contributed by atoms with van der Waals surface area (Å²) in [4.78, 5) is 39.1. The van der Waals surface area contributed by atoms with Crippen molar-refractivity contribution in [2.75, 3.05) is 17.1 Å². The largest absolute Gasteiger partial charge is 0.352 e. The van der Waals surface area contributed by atoms with Gasteiger partial charge in [-0.2, -0.15) is 0 Å². The third kappa shape index (κ3) is 7.31. The van der Waals surface area contributed by atoms with Gasteiger partial charge in [-0.15, -0.1) is 0 Å². The number of hydrogen-bond acceptors (Lipinski definition) is 6. The van der Waals surface area contributed by atoms with Crippen molar-refractivity contribution in [2.45, 2.75) is 71.5 Å². The molecule has 1 saturated carbocycles. The van der Waals surface area contributed by atoms with Gasteiger partial charge in [-0.3, -0.25) is 24.0 Å². The second-order valence-electron chi connectivity index (χ2n) is 9.97. The van der Waals surface area contributed by atoms with E-state index in [1.54, 1.807) is 13.8 Å².